The molecule has 0 N–H and O–H groups in total. The van der Waals surface area contributed by atoms with Crippen molar-refractivity contribution in [2.45, 2.75) is 6.92 Å². The van der Waals surface area contributed by atoms with E-state index in [1.165, 1.54) is 6.33 Å². The van der Waals surface area contributed by atoms with Gasteiger partial charge in [0.15, 0.2) is 0 Å². The number of hydrogen-bond acceptors (Lipinski definition) is 2. The van der Waals surface area contributed by atoms with E-state index in [0.29, 0.717) is 0 Å². The van der Waals surface area contributed by atoms with Gasteiger partial charge >= 0.3 is 0 Å². The van der Waals surface area contributed by atoms with E-state index in [2.05, 4.69) is 16.5 Å². The summed E-state index contributed by atoms with van der Waals surface area (Å²) in [6.45, 7) is 5.65. The van der Waals surface area contributed by atoms with E-state index in [1.807, 2.05) is 13.0 Å². The van der Waals surface area contributed by atoms with Crippen LogP contribution in [0.15, 0.2) is 12.5 Å². The average molecular weight is 120 g/mol. The zero-order valence-corrected chi connectivity index (χ0v) is 5.33. The van der Waals surface area contributed by atoms with Crippen LogP contribution in [-0.4, -0.2) is 9.97 Å². The molecule has 0 aliphatic rings. The van der Waals surface area contributed by atoms with Crippen molar-refractivity contribution in [1.29, 1.82) is 0 Å². The lowest BCUT2D eigenvalue weighted by Gasteiger charge is -1.81. The molecule has 0 amide bonds. The smallest absolute Gasteiger partial charge is 0.116 e. The van der Waals surface area contributed by atoms with Gasteiger partial charge in [0, 0.05) is 11.4 Å². The molecular formula is C7H8N2. The Morgan fingerprint density at radius 2 is 2.44 bits per heavy atom. The van der Waals surface area contributed by atoms with Gasteiger partial charge in [-0.2, -0.15) is 0 Å². The highest BCUT2D eigenvalue weighted by Crippen LogP contribution is 1.55. The summed E-state index contributed by atoms with van der Waals surface area (Å²) in [6.07, 6.45) is 5.17. The molecule has 1 rings (SSSR count). The zero-order valence-electron chi connectivity index (χ0n) is 5.33. The van der Waals surface area contributed by atoms with Crippen LogP contribution >= 0.6 is 0 Å². The standard InChI is InChI=1S/C7H8N2/c1-3-7-4-8-5-9-6(7)2/h3-5H,2H2,1H3/b7-3-. The minimum Gasteiger partial charge on any atom is -0.244 e. The summed E-state index contributed by atoms with van der Waals surface area (Å²) in [4.78, 5) is 7.73. The quantitative estimate of drug-likeness (QED) is 0.469. The van der Waals surface area contributed by atoms with Crippen LogP contribution in [0.25, 0.3) is 12.7 Å². The summed E-state index contributed by atoms with van der Waals surface area (Å²) in [5, 5.41) is 1.78. The molecular weight excluding hydrogens is 112 g/mol. The molecule has 0 radical (unpaired) electrons. The Kier molecular flexibility index (Phi) is 1.58. The number of aromatic nitrogens is 2. The first-order valence-electron chi connectivity index (χ1n) is 2.76. The Bertz CT molecular complexity index is 290. The van der Waals surface area contributed by atoms with E-state index in [-0.39, 0.29) is 0 Å². The van der Waals surface area contributed by atoms with Crippen LogP contribution < -0.4 is 10.6 Å². The van der Waals surface area contributed by atoms with Crippen LogP contribution in [0.2, 0.25) is 0 Å². The van der Waals surface area contributed by atoms with Gasteiger partial charge in [-0.1, -0.05) is 12.7 Å². The molecule has 1 aromatic heterocycles. The third-order valence-corrected chi connectivity index (χ3v) is 1.14. The van der Waals surface area contributed by atoms with Gasteiger partial charge in [0.05, 0.1) is 5.35 Å². The van der Waals surface area contributed by atoms with E-state index in [1.54, 1.807) is 6.20 Å². The molecule has 9 heavy (non-hydrogen) atoms. The summed E-state index contributed by atoms with van der Waals surface area (Å²) >= 11 is 0. The van der Waals surface area contributed by atoms with Crippen molar-refractivity contribution in [3.05, 3.63) is 23.1 Å². The minimum absolute atomic E-state index is 0.785. The number of nitrogens with zero attached hydrogens (tertiary/aromatic N) is 2. The summed E-state index contributed by atoms with van der Waals surface area (Å²) in [6, 6.07) is 0. The minimum atomic E-state index is 0.785. The molecule has 0 aliphatic heterocycles. The van der Waals surface area contributed by atoms with Crippen LogP contribution in [0.3, 0.4) is 0 Å². The predicted octanol–water partition coefficient (Wildman–Crippen LogP) is -0.313. The molecule has 1 heterocycles. The highest BCUT2D eigenvalue weighted by atomic mass is 14.8. The third kappa shape index (κ3) is 1.13. The lowest BCUT2D eigenvalue weighted by atomic mass is 10.4. The first kappa shape index (κ1) is 5.95. The normalized spacial score (nSPS) is 11.9. The van der Waals surface area contributed by atoms with E-state index in [0.717, 1.165) is 10.6 Å². The van der Waals surface area contributed by atoms with Gasteiger partial charge in [0.1, 0.15) is 6.33 Å². The molecule has 2 nitrogen and oxygen atoms in total. The fraction of sp³-hybridized carbons (Fsp3) is 0.143. The molecule has 0 unspecified atom stereocenters. The van der Waals surface area contributed by atoms with Gasteiger partial charge in [-0.3, -0.25) is 0 Å². The second kappa shape index (κ2) is 2.40. The van der Waals surface area contributed by atoms with Crippen molar-refractivity contribution >= 4 is 12.7 Å². The van der Waals surface area contributed by atoms with Crippen LogP contribution in [0, 0.1) is 0 Å². The highest BCUT2D eigenvalue weighted by molar-refractivity contribution is 5.17. The van der Waals surface area contributed by atoms with Gasteiger partial charge in [-0.25, -0.2) is 9.97 Å². The average Bonchev–Trinajstić information content (AvgIpc) is 1.89. The largest absolute Gasteiger partial charge is 0.244 e. The molecule has 0 aliphatic carbocycles. The molecule has 0 spiro atoms. The Hall–Kier alpha value is -1.18. The lowest BCUT2D eigenvalue weighted by molar-refractivity contribution is 1.10. The molecule has 0 atom stereocenters. The van der Waals surface area contributed by atoms with Crippen LogP contribution in [0.5, 0.6) is 0 Å². The van der Waals surface area contributed by atoms with E-state index < -0.39 is 0 Å². The Balaban J connectivity index is 3.53. The topological polar surface area (TPSA) is 25.8 Å². The van der Waals surface area contributed by atoms with Crippen LogP contribution in [0.4, 0.5) is 0 Å². The van der Waals surface area contributed by atoms with Gasteiger partial charge in [-0.15, -0.1) is 0 Å². The first-order chi connectivity index (χ1) is 4.34. The predicted molar refractivity (Wildman–Crippen MR) is 36.9 cm³/mol. The third-order valence-electron chi connectivity index (χ3n) is 1.14. The maximum absolute atomic E-state index is 3.90. The van der Waals surface area contributed by atoms with E-state index in [9.17, 15) is 0 Å². The summed E-state index contributed by atoms with van der Waals surface area (Å²) < 4.78 is 0. The molecule has 0 saturated carbocycles. The highest BCUT2D eigenvalue weighted by Gasteiger charge is 1.76. The molecule has 1 aromatic rings. The van der Waals surface area contributed by atoms with Crippen molar-refractivity contribution in [2.75, 3.05) is 0 Å². The van der Waals surface area contributed by atoms with Crippen molar-refractivity contribution in [3.63, 3.8) is 0 Å². The summed E-state index contributed by atoms with van der Waals surface area (Å²) in [5.74, 6) is 0. The lowest BCUT2D eigenvalue weighted by Crippen LogP contribution is -2.26. The molecule has 2 heteroatoms. The van der Waals surface area contributed by atoms with Gasteiger partial charge in [0.2, 0.25) is 0 Å². The van der Waals surface area contributed by atoms with Crippen LogP contribution in [0.1, 0.15) is 6.92 Å². The van der Waals surface area contributed by atoms with Crippen molar-refractivity contribution in [3.8, 4) is 0 Å². The van der Waals surface area contributed by atoms with Crippen molar-refractivity contribution in [2.24, 2.45) is 0 Å². The number of hydrogen-bond donors (Lipinski definition) is 0. The Morgan fingerprint density at radius 1 is 1.67 bits per heavy atom. The molecule has 46 valence electrons. The van der Waals surface area contributed by atoms with Crippen molar-refractivity contribution < 1.29 is 0 Å². The van der Waals surface area contributed by atoms with Crippen LogP contribution in [-0.2, 0) is 0 Å². The first-order valence-corrected chi connectivity index (χ1v) is 2.76. The van der Waals surface area contributed by atoms with Gasteiger partial charge in [0.25, 0.3) is 0 Å². The maximum Gasteiger partial charge on any atom is 0.116 e. The van der Waals surface area contributed by atoms with Gasteiger partial charge < -0.3 is 0 Å². The van der Waals surface area contributed by atoms with E-state index in [4.69, 9.17) is 0 Å². The molecule has 0 bridgehead atoms. The zero-order chi connectivity index (χ0) is 6.69. The Labute approximate surface area is 53.6 Å². The number of rotatable bonds is 0. The van der Waals surface area contributed by atoms with Gasteiger partial charge in [-0.05, 0) is 6.92 Å². The summed E-state index contributed by atoms with van der Waals surface area (Å²) in [5.41, 5.74) is 0. The second-order valence-corrected chi connectivity index (χ2v) is 1.71. The fourth-order valence-electron chi connectivity index (χ4n) is 0.607. The Morgan fingerprint density at radius 3 is 2.89 bits per heavy atom. The fourth-order valence-corrected chi connectivity index (χ4v) is 0.607. The molecule has 0 fully saturated rings. The van der Waals surface area contributed by atoms with Crippen molar-refractivity contribution in [1.82, 2.24) is 9.97 Å². The summed E-state index contributed by atoms with van der Waals surface area (Å²) in [7, 11) is 0. The monoisotopic (exact) mass is 120 g/mol. The second-order valence-electron chi connectivity index (χ2n) is 1.71. The molecule has 0 aromatic carbocycles. The molecule has 0 saturated heterocycles. The van der Waals surface area contributed by atoms with E-state index >= 15 is 0 Å². The maximum atomic E-state index is 3.90. The SMILES string of the molecule is C=c1ncnc/c1=C/C.